The maximum absolute atomic E-state index is 12.4. The maximum Gasteiger partial charge on any atom is 0.291 e. The summed E-state index contributed by atoms with van der Waals surface area (Å²) < 4.78 is 6.89. The summed E-state index contributed by atoms with van der Waals surface area (Å²) in [5.74, 6) is 0.844. The molecule has 0 radical (unpaired) electrons. The Morgan fingerprint density at radius 1 is 1.25 bits per heavy atom. The third-order valence-corrected chi connectivity index (χ3v) is 4.28. The first-order valence-electron chi connectivity index (χ1n) is 6.81. The minimum absolute atomic E-state index is 0.000218. The average Bonchev–Trinajstić information content (AvgIpc) is 3.27. The van der Waals surface area contributed by atoms with Crippen molar-refractivity contribution >= 4 is 28.1 Å². The molecule has 0 unspecified atom stereocenters. The van der Waals surface area contributed by atoms with E-state index in [0.717, 1.165) is 0 Å². The number of hydrogen-bond acceptors (Lipinski definition) is 7. The molecule has 0 aliphatic carbocycles. The van der Waals surface area contributed by atoms with Crippen molar-refractivity contribution in [3.8, 4) is 11.6 Å². The normalized spacial score (nSPS) is 12.1. The Balaban J connectivity index is 1.77. The zero-order chi connectivity index (χ0) is 16.7. The van der Waals surface area contributed by atoms with Crippen LogP contribution in [0.4, 0.5) is 5.69 Å². The molecule has 0 saturated carbocycles. The van der Waals surface area contributed by atoms with Crippen LogP contribution in [0, 0.1) is 10.1 Å². The minimum atomic E-state index is -0.470. The Bertz CT molecular complexity index is 1140. The van der Waals surface area contributed by atoms with E-state index < -0.39 is 4.92 Å². The van der Waals surface area contributed by atoms with Gasteiger partial charge in [-0.05, 0) is 35.9 Å². The molecule has 4 rings (SSSR count). The number of nitrogens with zero attached hydrogens (tertiary/aromatic N) is 4. The molecule has 0 atom stereocenters. The lowest BCUT2D eigenvalue weighted by Crippen LogP contribution is -2.23. The van der Waals surface area contributed by atoms with Gasteiger partial charge < -0.3 is 4.42 Å². The SMILES string of the molecule is O=c1/c(=C\c2ccc([N+](=O)[O-])cc2)sc2nc(-c3ccco3)nn12. The second-order valence-corrected chi connectivity index (χ2v) is 5.88. The fourth-order valence-electron chi connectivity index (χ4n) is 2.19. The van der Waals surface area contributed by atoms with Crippen LogP contribution in [0.2, 0.25) is 0 Å². The Hall–Kier alpha value is -3.33. The Morgan fingerprint density at radius 2 is 2.04 bits per heavy atom. The zero-order valence-electron chi connectivity index (χ0n) is 11.9. The summed E-state index contributed by atoms with van der Waals surface area (Å²) >= 11 is 1.19. The average molecular weight is 340 g/mol. The van der Waals surface area contributed by atoms with E-state index >= 15 is 0 Å². The Morgan fingerprint density at radius 3 is 2.67 bits per heavy atom. The van der Waals surface area contributed by atoms with Crippen LogP contribution >= 0.6 is 11.3 Å². The molecular formula is C15H8N4O4S. The van der Waals surface area contributed by atoms with Gasteiger partial charge in [0, 0.05) is 12.1 Å². The lowest BCUT2D eigenvalue weighted by atomic mass is 10.2. The van der Waals surface area contributed by atoms with Gasteiger partial charge in [-0.3, -0.25) is 14.9 Å². The van der Waals surface area contributed by atoms with Crippen molar-refractivity contribution in [3.05, 3.63) is 73.2 Å². The van der Waals surface area contributed by atoms with Gasteiger partial charge in [-0.25, -0.2) is 0 Å². The first-order valence-corrected chi connectivity index (χ1v) is 7.63. The van der Waals surface area contributed by atoms with Gasteiger partial charge in [0.15, 0.2) is 5.76 Å². The molecule has 9 heteroatoms. The lowest BCUT2D eigenvalue weighted by molar-refractivity contribution is -0.384. The third-order valence-electron chi connectivity index (χ3n) is 3.33. The number of furan rings is 1. The van der Waals surface area contributed by atoms with Crippen LogP contribution in [0.15, 0.2) is 51.9 Å². The predicted molar refractivity (Wildman–Crippen MR) is 86.7 cm³/mol. The fourth-order valence-corrected chi connectivity index (χ4v) is 3.10. The summed E-state index contributed by atoms with van der Waals surface area (Å²) in [4.78, 5) is 27.3. The zero-order valence-corrected chi connectivity index (χ0v) is 12.8. The quantitative estimate of drug-likeness (QED) is 0.416. The van der Waals surface area contributed by atoms with Crippen molar-refractivity contribution in [3.63, 3.8) is 0 Å². The van der Waals surface area contributed by atoms with Gasteiger partial charge >= 0.3 is 0 Å². The smallest absolute Gasteiger partial charge is 0.291 e. The molecule has 8 nitrogen and oxygen atoms in total. The Labute approximate surface area is 137 Å². The number of benzene rings is 1. The van der Waals surface area contributed by atoms with Crippen LogP contribution in [0.3, 0.4) is 0 Å². The number of aromatic nitrogens is 3. The van der Waals surface area contributed by atoms with E-state index in [4.69, 9.17) is 4.42 Å². The number of non-ortho nitro benzene ring substituents is 1. The van der Waals surface area contributed by atoms with Crippen molar-refractivity contribution < 1.29 is 9.34 Å². The molecule has 0 aliphatic rings. The molecule has 0 aliphatic heterocycles. The van der Waals surface area contributed by atoms with Crippen molar-refractivity contribution in [2.24, 2.45) is 0 Å². The fraction of sp³-hybridized carbons (Fsp3) is 0. The van der Waals surface area contributed by atoms with E-state index in [1.165, 1.54) is 34.2 Å². The molecule has 0 N–H and O–H groups in total. The van der Waals surface area contributed by atoms with Gasteiger partial charge in [0.1, 0.15) is 0 Å². The van der Waals surface area contributed by atoms with Crippen LogP contribution in [-0.4, -0.2) is 19.5 Å². The van der Waals surface area contributed by atoms with Gasteiger partial charge in [-0.2, -0.15) is 9.50 Å². The number of nitro groups is 1. The minimum Gasteiger partial charge on any atom is -0.461 e. The third kappa shape index (κ3) is 2.36. The molecule has 3 heterocycles. The number of fused-ring (bicyclic) bond motifs is 1. The predicted octanol–water partition coefficient (Wildman–Crippen LogP) is 1.87. The van der Waals surface area contributed by atoms with Crippen LogP contribution < -0.4 is 10.1 Å². The topological polar surface area (TPSA) is 104 Å². The highest BCUT2D eigenvalue weighted by atomic mass is 32.1. The summed E-state index contributed by atoms with van der Waals surface area (Å²) in [5, 5.41) is 14.8. The molecular weight excluding hydrogens is 332 g/mol. The molecule has 0 spiro atoms. The summed E-state index contributed by atoms with van der Waals surface area (Å²) in [6, 6.07) is 9.39. The summed E-state index contributed by atoms with van der Waals surface area (Å²) in [6.45, 7) is 0. The molecule has 3 aromatic heterocycles. The Kier molecular flexibility index (Phi) is 3.21. The standard InChI is InChI=1S/C15H8N4O4S/c20-14-12(8-9-3-5-10(6-4-9)19(21)22)24-15-16-13(17-18(14)15)11-2-1-7-23-11/h1-8H/b12-8+. The second-order valence-electron chi connectivity index (χ2n) is 4.87. The van der Waals surface area contributed by atoms with E-state index in [1.54, 1.807) is 30.3 Å². The second kappa shape index (κ2) is 5.39. The van der Waals surface area contributed by atoms with Gasteiger partial charge in [-0.15, -0.1) is 5.10 Å². The monoisotopic (exact) mass is 340 g/mol. The molecule has 0 amide bonds. The van der Waals surface area contributed by atoms with Crippen LogP contribution in [0.25, 0.3) is 22.6 Å². The van der Waals surface area contributed by atoms with Crippen molar-refractivity contribution in [2.45, 2.75) is 0 Å². The van der Waals surface area contributed by atoms with Crippen molar-refractivity contribution in [1.82, 2.24) is 14.6 Å². The molecule has 24 heavy (non-hydrogen) atoms. The van der Waals surface area contributed by atoms with E-state index in [2.05, 4.69) is 10.1 Å². The molecule has 0 fully saturated rings. The van der Waals surface area contributed by atoms with Crippen LogP contribution in [0.5, 0.6) is 0 Å². The summed E-state index contributed by atoms with van der Waals surface area (Å²) in [6.07, 6.45) is 3.16. The van der Waals surface area contributed by atoms with E-state index in [9.17, 15) is 14.9 Å². The van der Waals surface area contributed by atoms with Crippen molar-refractivity contribution in [1.29, 1.82) is 0 Å². The first-order chi connectivity index (χ1) is 11.6. The van der Waals surface area contributed by atoms with Crippen LogP contribution in [-0.2, 0) is 0 Å². The summed E-state index contributed by atoms with van der Waals surface area (Å²) in [7, 11) is 0. The number of rotatable bonds is 3. The molecule has 4 aromatic rings. The highest BCUT2D eigenvalue weighted by Crippen LogP contribution is 2.16. The van der Waals surface area contributed by atoms with E-state index in [-0.39, 0.29) is 11.2 Å². The molecule has 0 saturated heterocycles. The molecule has 0 bridgehead atoms. The molecule has 1 aromatic carbocycles. The van der Waals surface area contributed by atoms with Crippen LogP contribution in [0.1, 0.15) is 5.56 Å². The first kappa shape index (κ1) is 14.3. The highest BCUT2D eigenvalue weighted by Gasteiger charge is 2.13. The summed E-state index contributed by atoms with van der Waals surface area (Å²) in [5.41, 5.74) is 0.396. The van der Waals surface area contributed by atoms with E-state index in [0.29, 0.717) is 26.6 Å². The van der Waals surface area contributed by atoms with Gasteiger partial charge in [-0.1, -0.05) is 11.3 Å². The molecule has 118 valence electrons. The lowest BCUT2D eigenvalue weighted by Gasteiger charge is -1.92. The van der Waals surface area contributed by atoms with Gasteiger partial charge in [0.2, 0.25) is 10.8 Å². The van der Waals surface area contributed by atoms with Gasteiger partial charge in [0.05, 0.1) is 15.7 Å². The van der Waals surface area contributed by atoms with E-state index in [1.807, 2.05) is 0 Å². The maximum atomic E-state index is 12.4. The largest absolute Gasteiger partial charge is 0.461 e. The van der Waals surface area contributed by atoms with Crippen molar-refractivity contribution in [2.75, 3.05) is 0 Å². The number of nitro benzene ring substituents is 1. The number of hydrogen-bond donors (Lipinski definition) is 0. The van der Waals surface area contributed by atoms with Gasteiger partial charge in [0.25, 0.3) is 11.2 Å². The number of thiazole rings is 1. The highest BCUT2D eigenvalue weighted by molar-refractivity contribution is 7.15.